The Bertz CT molecular complexity index is 1200. The average molecular weight is 495 g/mol. The summed E-state index contributed by atoms with van der Waals surface area (Å²) in [6.07, 6.45) is 1.10. The molecule has 0 aliphatic rings. The molecule has 1 amide bonds. The number of nitrogens with zero attached hydrogens (tertiary/aromatic N) is 1. The van der Waals surface area contributed by atoms with Crippen molar-refractivity contribution in [2.75, 3.05) is 10.6 Å². The van der Waals surface area contributed by atoms with E-state index in [-0.39, 0.29) is 24.3 Å². The lowest BCUT2D eigenvalue weighted by molar-refractivity contribution is 0.0940. The Labute approximate surface area is 196 Å². The first-order valence-electron chi connectivity index (χ1n) is 9.62. The van der Waals surface area contributed by atoms with E-state index in [1.807, 2.05) is 0 Å². The van der Waals surface area contributed by atoms with Crippen LogP contribution in [0.15, 0.2) is 66.7 Å². The molecular weight excluding hydrogens is 474 g/mol. The maximum atomic E-state index is 13.1. The van der Waals surface area contributed by atoms with Crippen molar-refractivity contribution in [1.29, 1.82) is 0 Å². The predicted molar refractivity (Wildman–Crippen MR) is 126 cm³/mol. The Kier molecular flexibility index (Phi) is 7.44. The summed E-state index contributed by atoms with van der Waals surface area (Å²) in [6.45, 7) is 1.85. The molecule has 1 unspecified atom stereocenters. The normalized spacial score (nSPS) is 12.3. The molecule has 32 heavy (non-hydrogen) atoms. The van der Waals surface area contributed by atoms with Crippen molar-refractivity contribution in [3.8, 4) is 0 Å². The minimum Gasteiger partial charge on any atom is -0.346 e. The van der Waals surface area contributed by atoms with Crippen molar-refractivity contribution >= 4 is 44.8 Å². The molecular formula is C23H21Cl2FN2O3S. The van der Waals surface area contributed by atoms with Crippen LogP contribution in [0.1, 0.15) is 34.5 Å². The maximum absolute atomic E-state index is 13.1. The lowest BCUT2D eigenvalue weighted by Crippen LogP contribution is -2.29. The quantitative estimate of drug-likeness (QED) is 0.465. The third kappa shape index (κ3) is 6.22. The fourth-order valence-corrected chi connectivity index (χ4v) is 4.51. The minimum atomic E-state index is -3.62. The molecule has 0 spiro atoms. The zero-order valence-electron chi connectivity index (χ0n) is 17.3. The van der Waals surface area contributed by atoms with Gasteiger partial charge in [0, 0.05) is 15.6 Å². The molecule has 3 aromatic rings. The first kappa shape index (κ1) is 24.0. The Morgan fingerprint density at radius 2 is 1.56 bits per heavy atom. The van der Waals surface area contributed by atoms with E-state index in [2.05, 4.69) is 5.32 Å². The summed E-state index contributed by atoms with van der Waals surface area (Å²) < 4.78 is 39.0. The third-order valence-corrected chi connectivity index (χ3v) is 6.37. The van der Waals surface area contributed by atoms with Crippen LogP contribution in [0.25, 0.3) is 0 Å². The molecule has 9 heteroatoms. The predicted octanol–water partition coefficient (Wildman–Crippen LogP) is 5.59. The van der Waals surface area contributed by atoms with Crippen LogP contribution in [0.4, 0.5) is 10.1 Å². The van der Waals surface area contributed by atoms with E-state index < -0.39 is 10.0 Å². The number of hydrogen-bond donors (Lipinski definition) is 1. The molecule has 5 nitrogen and oxygen atoms in total. The van der Waals surface area contributed by atoms with Gasteiger partial charge in [-0.15, -0.1) is 0 Å². The second-order valence-electron chi connectivity index (χ2n) is 7.34. The lowest BCUT2D eigenvalue weighted by Gasteiger charge is -2.23. The average Bonchev–Trinajstić information content (AvgIpc) is 2.71. The largest absolute Gasteiger partial charge is 0.346 e. The summed E-state index contributed by atoms with van der Waals surface area (Å²) in [7, 11) is -3.62. The van der Waals surface area contributed by atoms with Gasteiger partial charge >= 0.3 is 0 Å². The van der Waals surface area contributed by atoms with Gasteiger partial charge in [0.1, 0.15) is 5.82 Å². The summed E-state index contributed by atoms with van der Waals surface area (Å²) in [5.74, 6) is -0.638. The number of carbonyl (C=O) groups excluding carboxylic acids is 1. The standard InChI is InChI=1S/C23H21Cl2FN2O3S/c1-15(17-7-9-21(26)10-8-17)27-23(29)18-5-3-16(4-6-18)14-28(32(2,30)31)22-12-19(24)11-20(25)13-22/h3-13,15H,14H2,1-2H3,(H,27,29). The molecule has 0 bridgehead atoms. The third-order valence-electron chi connectivity index (χ3n) is 4.80. The fourth-order valence-electron chi connectivity index (χ4n) is 3.13. The van der Waals surface area contributed by atoms with Crippen molar-refractivity contribution < 1.29 is 17.6 Å². The van der Waals surface area contributed by atoms with Crippen LogP contribution in [0.5, 0.6) is 0 Å². The highest BCUT2D eigenvalue weighted by molar-refractivity contribution is 7.92. The van der Waals surface area contributed by atoms with Gasteiger partial charge < -0.3 is 5.32 Å². The summed E-state index contributed by atoms with van der Waals surface area (Å²) in [4.78, 5) is 12.6. The molecule has 1 N–H and O–H groups in total. The number of nitrogens with one attached hydrogen (secondary N) is 1. The van der Waals surface area contributed by atoms with Gasteiger partial charge in [-0.25, -0.2) is 12.8 Å². The van der Waals surface area contributed by atoms with Crippen LogP contribution < -0.4 is 9.62 Å². The van der Waals surface area contributed by atoms with E-state index in [4.69, 9.17) is 23.2 Å². The zero-order chi connectivity index (χ0) is 23.5. The van der Waals surface area contributed by atoms with Gasteiger partial charge in [0.05, 0.1) is 24.5 Å². The van der Waals surface area contributed by atoms with Gasteiger partial charge in [0.15, 0.2) is 0 Å². The molecule has 3 aromatic carbocycles. The Morgan fingerprint density at radius 1 is 1.00 bits per heavy atom. The molecule has 0 saturated carbocycles. The zero-order valence-corrected chi connectivity index (χ0v) is 19.7. The SMILES string of the molecule is CC(NC(=O)c1ccc(CN(c2cc(Cl)cc(Cl)c2)S(C)(=O)=O)cc1)c1ccc(F)cc1. The van der Waals surface area contributed by atoms with Crippen molar-refractivity contribution in [2.45, 2.75) is 19.5 Å². The highest BCUT2D eigenvalue weighted by atomic mass is 35.5. The molecule has 0 heterocycles. The molecule has 0 radical (unpaired) electrons. The number of carbonyl (C=O) groups is 1. The van der Waals surface area contributed by atoms with E-state index in [0.717, 1.165) is 11.8 Å². The van der Waals surface area contributed by atoms with Crippen LogP contribution in [0, 0.1) is 5.82 Å². The van der Waals surface area contributed by atoms with E-state index in [1.165, 1.54) is 34.6 Å². The molecule has 0 aromatic heterocycles. The summed E-state index contributed by atoms with van der Waals surface area (Å²) in [5, 5.41) is 3.50. The second kappa shape index (κ2) is 9.90. The number of benzene rings is 3. The Hall–Kier alpha value is -2.61. The van der Waals surface area contributed by atoms with Crippen molar-refractivity contribution in [1.82, 2.24) is 5.32 Å². The number of halogens is 3. The number of anilines is 1. The van der Waals surface area contributed by atoms with Crippen molar-refractivity contribution in [2.24, 2.45) is 0 Å². The summed E-state index contributed by atoms with van der Waals surface area (Å²) >= 11 is 12.1. The number of amides is 1. The molecule has 3 rings (SSSR count). The van der Waals surface area contributed by atoms with Crippen LogP contribution in [-0.2, 0) is 16.6 Å². The second-order valence-corrected chi connectivity index (χ2v) is 10.1. The van der Waals surface area contributed by atoms with E-state index >= 15 is 0 Å². The first-order valence-corrected chi connectivity index (χ1v) is 12.2. The molecule has 0 fully saturated rings. The topological polar surface area (TPSA) is 66.5 Å². The number of sulfonamides is 1. The van der Waals surface area contributed by atoms with Crippen LogP contribution in [0.3, 0.4) is 0 Å². The summed E-state index contributed by atoms with van der Waals surface area (Å²) in [6, 6.07) is 16.8. The fraction of sp³-hybridized carbons (Fsp3) is 0.174. The molecule has 0 aliphatic heterocycles. The van der Waals surface area contributed by atoms with Gasteiger partial charge in [0.2, 0.25) is 10.0 Å². The van der Waals surface area contributed by atoms with Gasteiger partial charge in [-0.1, -0.05) is 47.5 Å². The first-order chi connectivity index (χ1) is 15.0. The van der Waals surface area contributed by atoms with Crippen molar-refractivity contribution in [3.05, 3.63) is 99.3 Å². The van der Waals surface area contributed by atoms with Gasteiger partial charge in [-0.05, 0) is 60.5 Å². The Morgan fingerprint density at radius 3 is 2.09 bits per heavy atom. The minimum absolute atomic E-state index is 0.0450. The smallest absolute Gasteiger partial charge is 0.251 e. The summed E-state index contributed by atoms with van der Waals surface area (Å²) in [5.41, 5.74) is 2.22. The molecule has 1 atom stereocenters. The molecule has 0 saturated heterocycles. The molecule has 168 valence electrons. The number of rotatable bonds is 7. The van der Waals surface area contributed by atoms with E-state index in [1.54, 1.807) is 43.3 Å². The van der Waals surface area contributed by atoms with Crippen LogP contribution in [-0.4, -0.2) is 20.6 Å². The molecule has 0 aliphatic carbocycles. The van der Waals surface area contributed by atoms with E-state index in [9.17, 15) is 17.6 Å². The van der Waals surface area contributed by atoms with Gasteiger partial charge in [0.25, 0.3) is 5.91 Å². The van der Waals surface area contributed by atoms with Crippen LogP contribution in [0.2, 0.25) is 10.0 Å². The van der Waals surface area contributed by atoms with E-state index in [0.29, 0.717) is 26.9 Å². The Balaban J connectivity index is 1.74. The van der Waals surface area contributed by atoms with Gasteiger partial charge in [-0.2, -0.15) is 0 Å². The van der Waals surface area contributed by atoms with Crippen molar-refractivity contribution in [3.63, 3.8) is 0 Å². The lowest BCUT2D eigenvalue weighted by atomic mass is 10.1. The highest BCUT2D eigenvalue weighted by Gasteiger charge is 2.19. The number of hydrogen-bond acceptors (Lipinski definition) is 3. The van der Waals surface area contributed by atoms with Crippen LogP contribution >= 0.6 is 23.2 Å². The monoisotopic (exact) mass is 494 g/mol. The highest BCUT2D eigenvalue weighted by Crippen LogP contribution is 2.28. The maximum Gasteiger partial charge on any atom is 0.251 e. The van der Waals surface area contributed by atoms with Gasteiger partial charge in [-0.3, -0.25) is 9.10 Å².